The molecular weight excluding hydrogens is 260 g/mol. The molecule has 0 aliphatic carbocycles. The first-order chi connectivity index (χ1) is 9.06. The Balaban J connectivity index is 1.91. The van der Waals surface area contributed by atoms with Crippen LogP contribution in [0, 0.1) is 0 Å². The Bertz CT molecular complexity index is 534. The van der Waals surface area contributed by atoms with Crippen LogP contribution in [0.1, 0.15) is 6.92 Å². The maximum atomic E-state index is 11.7. The number of anilines is 1. The van der Waals surface area contributed by atoms with Gasteiger partial charge in [0.05, 0.1) is 10.2 Å². The zero-order valence-corrected chi connectivity index (χ0v) is 12.1. The molecule has 1 atom stereocenters. The average Bonchev–Trinajstić information content (AvgIpc) is 2.77. The standard InChI is InChI=1S/C13H18N4OS/c1-9(17(2)3)8-14-12(18)16-13-15-10-6-4-5-7-11(10)19-13/h4-7,9H,8H2,1-3H3,(H2,14,15,16,18)/t9-/m0/s1. The lowest BCUT2D eigenvalue weighted by Gasteiger charge is -2.19. The summed E-state index contributed by atoms with van der Waals surface area (Å²) in [6, 6.07) is 7.90. The lowest BCUT2D eigenvalue weighted by atomic mass is 10.3. The van der Waals surface area contributed by atoms with Crippen LogP contribution in [0.4, 0.5) is 9.93 Å². The van der Waals surface area contributed by atoms with Gasteiger partial charge in [0, 0.05) is 12.6 Å². The van der Waals surface area contributed by atoms with Crippen LogP contribution in [0.3, 0.4) is 0 Å². The van der Waals surface area contributed by atoms with E-state index in [0.29, 0.717) is 17.7 Å². The molecule has 0 radical (unpaired) electrons. The highest BCUT2D eigenvalue weighted by molar-refractivity contribution is 7.22. The quantitative estimate of drug-likeness (QED) is 0.902. The molecule has 5 nitrogen and oxygen atoms in total. The molecular formula is C13H18N4OS. The number of carbonyl (C=O) groups excluding carboxylic acids is 1. The number of hydrogen-bond donors (Lipinski definition) is 2. The van der Waals surface area contributed by atoms with Crippen LogP contribution in [-0.2, 0) is 0 Å². The van der Waals surface area contributed by atoms with Crippen molar-refractivity contribution in [2.45, 2.75) is 13.0 Å². The molecule has 0 aliphatic rings. The van der Waals surface area contributed by atoms with Crippen LogP contribution in [0.5, 0.6) is 0 Å². The van der Waals surface area contributed by atoms with Gasteiger partial charge < -0.3 is 10.2 Å². The number of nitrogens with zero attached hydrogens (tertiary/aromatic N) is 2. The topological polar surface area (TPSA) is 57.3 Å². The minimum atomic E-state index is -0.215. The SMILES string of the molecule is C[C@@H](CNC(=O)Nc1nc2ccccc2s1)N(C)C. The van der Waals surface area contributed by atoms with E-state index in [9.17, 15) is 4.79 Å². The summed E-state index contributed by atoms with van der Waals surface area (Å²) in [5.74, 6) is 0. The summed E-state index contributed by atoms with van der Waals surface area (Å²) in [6.07, 6.45) is 0. The number of likely N-dealkylation sites (N-methyl/N-ethyl adjacent to an activating group) is 1. The number of thiazole rings is 1. The number of amides is 2. The summed E-state index contributed by atoms with van der Waals surface area (Å²) in [6.45, 7) is 2.65. The van der Waals surface area contributed by atoms with Crippen LogP contribution in [0.15, 0.2) is 24.3 Å². The van der Waals surface area contributed by atoms with E-state index in [-0.39, 0.29) is 6.03 Å². The van der Waals surface area contributed by atoms with E-state index in [4.69, 9.17) is 0 Å². The molecule has 2 N–H and O–H groups in total. The van der Waals surface area contributed by atoms with Crippen molar-refractivity contribution in [1.82, 2.24) is 15.2 Å². The Morgan fingerprint density at radius 3 is 2.84 bits per heavy atom. The smallest absolute Gasteiger partial charge is 0.321 e. The van der Waals surface area contributed by atoms with Gasteiger partial charge in [-0.05, 0) is 33.2 Å². The highest BCUT2D eigenvalue weighted by Crippen LogP contribution is 2.25. The van der Waals surface area contributed by atoms with Gasteiger partial charge in [-0.1, -0.05) is 23.5 Å². The van der Waals surface area contributed by atoms with E-state index in [2.05, 4.69) is 27.4 Å². The third kappa shape index (κ3) is 3.65. The number of carbonyl (C=O) groups is 1. The van der Waals surface area contributed by atoms with Gasteiger partial charge in [0.2, 0.25) is 0 Å². The molecule has 1 heterocycles. The molecule has 102 valence electrons. The van der Waals surface area contributed by atoms with Gasteiger partial charge >= 0.3 is 6.03 Å². The zero-order chi connectivity index (χ0) is 13.8. The van der Waals surface area contributed by atoms with Gasteiger partial charge in [-0.3, -0.25) is 5.32 Å². The fourth-order valence-corrected chi connectivity index (χ4v) is 2.35. The first kappa shape index (κ1) is 13.8. The van der Waals surface area contributed by atoms with Crippen molar-refractivity contribution >= 4 is 32.7 Å². The fourth-order valence-electron chi connectivity index (χ4n) is 1.49. The Kier molecular flexibility index (Phi) is 4.34. The van der Waals surface area contributed by atoms with Crippen molar-refractivity contribution in [1.29, 1.82) is 0 Å². The Morgan fingerprint density at radius 2 is 2.16 bits per heavy atom. The zero-order valence-electron chi connectivity index (χ0n) is 11.3. The second-order valence-corrected chi connectivity index (χ2v) is 5.67. The highest BCUT2D eigenvalue weighted by Gasteiger charge is 2.09. The second kappa shape index (κ2) is 5.99. The number of para-hydroxylation sites is 1. The van der Waals surface area contributed by atoms with Crippen LogP contribution < -0.4 is 10.6 Å². The third-order valence-electron chi connectivity index (χ3n) is 2.95. The minimum Gasteiger partial charge on any atom is -0.336 e. The summed E-state index contributed by atoms with van der Waals surface area (Å²) in [5.41, 5.74) is 0.907. The maximum Gasteiger partial charge on any atom is 0.321 e. The number of rotatable bonds is 4. The van der Waals surface area contributed by atoms with E-state index >= 15 is 0 Å². The lowest BCUT2D eigenvalue weighted by molar-refractivity contribution is 0.245. The summed E-state index contributed by atoms with van der Waals surface area (Å²) in [4.78, 5) is 18.1. The van der Waals surface area contributed by atoms with Crippen LogP contribution >= 0.6 is 11.3 Å². The molecule has 0 spiro atoms. The van der Waals surface area contributed by atoms with Gasteiger partial charge in [0.25, 0.3) is 0 Å². The molecule has 0 bridgehead atoms. The predicted octanol–water partition coefficient (Wildman–Crippen LogP) is 2.37. The van der Waals surface area contributed by atoms with Gasteiger partial charge in [0.15, 0.2) is 5.13 Å². The monoisotopic (exact) mass is 278 g/mol. The van der Waals surface area contributed by atoms with E-state index in [1.54, 1.807) is 0 Å². The van der Waals surface area contributed by atoms with Crippen LogP contribution in [0.2, 0.25) is 0 Å². The molecule has 19 heavy (non-hydrogen) atoms. The Labute approximate surface area is 116 Å². The van der Waals surface area contributed by atoms with Crippen molar-refractivity contribution in [3.8, 4) is 0 Å². The summed E-state index contributed by atoms with van der Waals surface area (Å²) < 4.78 is 1.07. The molecule has 1 aromatic heterocycles. The first-order valence-corrected chi connectivity index (χ1v) is 6.95. The van der Waals surface area contributed by atoms with Crippen LogP contribution in [-0.4, -0.2) is 42.6 Å². The minimum absolute atomic E-state index is 0.215. The molecule has 0 unspecified atom stereocenters. The number of urea groups is 1. The summed E-state index contributed by atoms with van der Waals surface area (Å²) >= 11 is 1.47. The van der Waals surface area contributed by atoms with Gasteiger partial charge in [0.1, 0.15) is 0 Å². The number of hydrogen-bond acceptors (Lipinski definition) is 4. The first-order valence-electron chi connectivity index (χ1n) is 6.13. The summed E-state index contributed by atoms with van der Waals surface area (Å²) in [5, 5.41) is 6.22. The van der Waals surface area contributed by atoms with Gasteiger partial charge in [-0.25, -0.2) is 9.78 Å². The number of benzene rings is 1. The predicted molar refractivity (Wildman–Crippen MR) is 79.8 cm³/mol. The third-order valence-corrected chi connectivity index (χ3v) is 3.91. The van der Waals surface area contributed by atoms with Crippen molar-refractivity contribution in [3.05, 3.63) is 24.3 Å². The molecule has 0 fully saturated rings. The van der Waals surface area contributed by atoms with Crippen LogP contribution in [0.25, 0.3) is 10.2 Å². The maximum absolute atomic E-state index is 11.7. The van der Waals surface area contributed by atoms with Crippen molar-refractivity contribution in [2.75, 3.05) is 26.0 Å². The molecule has 0 saturated carbocycles. The molecule has 0 saturated heterocycles. The second-order valence-electron chi connectivity index (χ2n) is 4.63. The molecule has 1 aromatic carbocycles. The van der Waals surface area contributed by atoms with E-state index in [1.165, 1.54) is 11.3 Å². The normalized spacial score (nSPS) is 12.6. The van der Waals surface area contributed by atoms with Gasteiger partial charge in [-0.2, -0.15) is 0 Å². The number of fused-ring (bicyclic) bond motifs is 1. The average molecular weight is 278 g/mol. The van der Waals surface area contributed by atoms with E-state index < -0.39 is 0 Å². The van der Waals surface area contributed by atoms with Crippen molar-refractivity contribution < 1.29 is 4.79 Å². The molecule has 0 aliphatic heterocycles. The Morgan fingerprint density at radius 1 is 1.42 bits per heavy atom. The largest absolute Gasteiger partial charge is 0.336 e. The molecule has 2 rings (SSSR count). The van der Waals surface area contributed by atoms with Gasteiger partial charge in [-0.15, -0.1) is 0 Å². The molecule has 2 aromatic rings. The fraction of sp³-hybridized carbons (Fsp3) is 0.385. The number of aromatic nitrogens is 1. The van der Waals surface area contributed by atoms with Crippen molar-refractivity contribution in [3.63, 3.8) is 0 Å². The van der Waals surface area contributed by atoms with E-state index in [1.807, 2.05) is 38.4 Å². The molecule has 2 amide bonds. The van der Waals surface area contributed by atoms with E-state index in [0.717, 1.165) is 10.2 Å². The van der Waals surface area contributed by atoms with Crippen molar-refractivity contribution in [2.24, 2.45) is 0 Å². The molecule has 6 heteroatoms. The lowest BCUT2D eigenvalue weighted by Crippen LogP contribution is -2.40. The highest BCUT2D eigenvalue weighted by atomic mass is 32.1. The Hall–Kier alpha value is -1.66. The summed E-state index contributed by atoms with van der Waals surface area (Å²) in [7, 11) is 3.97. The number of nitrogens with one attached hydrogen (secondary N) is 2.